The molecule has 1 aromatic heterocycles. The number of carbonyl (C=O) groups excluding carboxylic acids is 1. The Morgan fingerprint density at radius 3 is 2.50 bits per heavy atom. The summed E-state index contributed by atoms with van der Waals surface area (Å²) in [7, 11) is 0. The second-order valence-corrected chi connectivity index (χ2v) is 5.56. The fourth-order valence-corrected chi connectivity index (χ4v) is 1.94. The number of rotatable bonds is 6. The Hall–Kier alpha value is -2.43. The predicted molar refractivity (Wildman–Crippen MR) is 86.0 cm³/mol. The van der Waals surface area contributed by atoms with Gasteiger partial charge in [-0.2, -0.15) is 0 Å². The quantitative estimate of drug-likeness (QED) is 0.853. The van der Waals surface area contributed by atoms with Gasteiger partial charge in [0.2, 0.25) is 5.91 Å². The molecule has 0 unspecified atom stereocenters. The summed E-state index contributed by atoms with van der Waals surface area (Å²) in [5.41, 5.74) is 1.82. The van der Waals surface area contributed by atoms with Crippen molar-refractivity contribution in [3.05, 3.63) is 54.0 Å². The Bertz CT molecular complexity index is 609. The second kappa shape index (κ2) is 7.54. The summed E-state index contributed by atoms with van der Waals surface area (Å²) in [5, 5.41) is 5.96. The zero-order valence-corrected chi connectivity index (χ0v) is 12.8. The number of hydrogen-bond acceptors (Lipinski definition) is 3. The number of carbonyl (C=O) groups is 1. The van der Waals surface area contributed by atoms with Crippen LogP contribution in [-0.4, -0.2) is 10.9 Å². The number of nitrogens with zero attached hydrogens (tertiary/aromatic N) is 1. The van der Waals surface area contributed by atoms with Crippen LogP contribution in [0.2, 0.25) is 0 Å². The third kappa shape index (κ3) is 5.16. The molecular formula is C17H20FN3O. The molecule has 1 heterocycles. The summed E-state index contributed by atoms with van der Waals surface area (Å²) in [6.45, 7) is 4.58. The van der Waals surface area contributed by atoms with Crippen LogP contribution >= 0.6 is 0 Å². The largest absolute Gasteiger partial charge is 0.380 e. The predicted octanol–water partition coefficient (Wildman–Crippen LogP) is 3.82. The molecule has 116 valence electrons. The lowest BCUT2D eigenvalue weighted by atomic mass is 10.1. The zero-order valence-electron chi connectivity index (χ0n) is 12.8. The van der Waals surface area contributed by atoms with Crippen molar-refractivity contribution in [3.8, 4) is 0 Å². The van der Waals surface area contributed by atoms with Gasteiger partial charge in [0.25, 0.3) is 0 Å². The number of nitrogens with one attached hydrogen (secondary N) is 2. The molecule has 0 radical (unpaired) electrons. The van der Waals surface area contributed by atoms with E-state index in [9.17, 15) is 9.18 Å². The molecule has 2 N–H and O–H groups in total. The topological polar surface area (TPSA) is 54.0 Å². The molecule has 2 rings (SSSR count). The summed E-state index contributed by atoms with van der Waals surface area (Å²) in [4.78, 5) is 15.8. The van der Waals surface area contributed by atoms with Gasteiger partial charge < -0.3 is 10.6 Å². The number of pyridine rings is 1. The third-order valence-electron chi connectivity index (χ3n) is 3.03. The van der Waals surface area contributed by atoms with E-state index in [0.29, 0.717) is 24.7 Å². The number of halogens is 1. The molecule has 0 spiro atoms. The summed E-state index contributed by atoms with van der Waals surface area (Å²) in [6, 6.07) is 9.94. The van der Waals surface area contributed by atoms with Crippen molar-refractivity contribution < 1.29 is 9.18 Å². The Labute approximate surface area is 129 Å². The van der Waals surface area contributed by atoms with Crippen LogP contribution in [0.1, 0.15) is 25.8 Å². The fourth-order valence-electron chi connectivity index (χ4n) is 1.94. The van der Waals surface area contributed by atoms with Crippen molar-refractivity contribution in [2.45, 2.75) is 26.8 Å². The molecule has 1 aromatic carbocycles. The fraction of sp³-hybridized carbons (Fsp3) is 0.294. The normalized spacial score (nSPS) is 10.5. The maximum Gasteiger partial charge on any atom is 0.225 e. The van der Waals surface area contributed by atoms with E-state index in [2.05, 4.69) is 15.6 Å². The lowest BCUT2D eigenvalue weighted by Gasteiger charge is -2.09. The third-order valence-corrected chi connectivity index (χ3v) is 3.03. The molecule has 22 heavy (non-hydrogen) atoms. The highest BCUT2D eigenvalue weighted by Gasteiger charge is 2.05. The average Bonchev–Trinajstić information content (AvgIpc) is 2.47. The molecule has 0 atom stereocenters. The monoisotopic (exact) mass is 301 g/mol. The summed E-state index contributed by atoms with van der Waals surface area (Å²) >= 11 is 0. The molecule has 0 aliphatic rings. The van der Waals surface area contributed by atoms with Crippen molar-refractivity contribution >= 4 is 17.4 Å². The van der Waals surface area contributed by atoms with Crippen LogP contribution < -0.4 is 10.6 Å². The minimum Gasteiger partial charge on any atom is -0.380 e. The van der Waals surface area contributed by atoms with Gasteiger partial charge in [-0.25, -0.2) is 9.37 Å². The van der Waals surface area contributed by atoms with Gasteiger partial charge >= 0.3 is 0 Å². The maximum absolute atomic E-state index is 12.8. The smallest absolute Gasteiger partial charge is 0.225 e. The van der Waals surface area contributed by atoms with E-state index in [-0.39, 0.29) is 11.7 Å². The number of anilines is 2. The van der Waals surface area contributed by atoms with Crippen molar-refractivity contribution in [2.75, 3.05) is 10.6 Å². The molecule has 0 saturated heterocycles. The van der Waals surface area contributed by atoms with Crippen molar-refractivity contribution in [1.82, 2.24) is 4.98 Å². The minimum absolute atomic E-state index is 0.0329. The van der Waals surface area contributed by atoms with Crippen LogP contribution in [0.5, 0.6) is 0 Å². The number of aromatic nitrogens is 1. The van der Waals surface area contributed by atoms with E-state index in [1.807, 2.05) is 19.9 Å². The molecule has 1 amide bonds. The van der Waals surface area contributed by atoms with E-state index in [1.165, 1.54) is 12.1 Å². The van der Waals surface area contributed by atoms with Crippen LogP contribution in [0.15, 0.2) is 42.6 Å². The standard InChI is InChI=1S/C17H20FN3O/c1-12(2)9-17(22)21-16-8-7-15(11-20-16)19-10-13-3-5-14(18)6-4-13/h3-8,11-12,19H,9-10H2,1-2H3,(H,20,21,22). The van der Waals surface area contributed by atoms with Crippen molar-refractivity contribution in [2.24, 2.45) is 5.92 Å². The van der Waals surface area contributed by atoms with Crippen LogP contribution in [0.25, 0.3) is 0 Å². The van der Waals surface area contributed by atoms with Crippen molar-refractivity contribution in [3.63, 3.8) is 0 Å². The molecule has 2 aromatic rings. The number of amides is 1. The maximum atomic E-state index is 12.8. The van der Waals surface area contributed by atoms with Gasteiger partial charge in [-0.1, -0.05) is 26.0 Å². The highest BCUT2D eigenvalue weighted by molar-refractivity contribution is 5.89. The highest BCUT2D eigenvalue weighted by atomic mass is 19.1. The first-order valence-corrected chi connectivity index (χ1v) is 7.27. The second-order valence-electron chi connectivity index (χ2n) is 5.56. The molecular weight excluding hydrogens is 281 g/mol. The first kappa shape index (κ1) is 15.9. The van der Waals surface area contributed by atoms with Crippen LogP contribution in [0.4, 0.5) is 15.9 Å². The van der Waals surface area contributed by atoms with E-state index in [0.717, 1.165) is 11.3 Å². The zero-order chi connectivity index (χ0) is 15.9. The van der Waals surface area contributed by atoms with E-state index in [4.69, 9.17) is 0 Å². The Balaban J connectivity index is 1.86. The van der Waals surface area contributed by atoms with Gasteiger partial charge in [0.15, 0.2) is 0 Å². The lowest BCUT2D eigenvalue weighted by Crippen LogP contribution is -2.14. The minimum atomic E-state index is -0.244. The summed E-state index contributed by atoms with van der Waals surface area (Å²) in [5.74, 6) is 0.580. The Morgan fingerprint density at radius 2 is 1.91 bits per heavy atom. The van der Waals surface area contributed by atoms with Crippen LogP contribution in [-0.2, 0) is 11.3 Å². The Morgan fingerprint density at radius 1 is 1.18 bits per heavy atom. The van der Waals surface area contributed by atoms with Gasteiger partial charge in [0, 0.05) is 13.0 Å². The van der Waals surface area contributed by atoms with E-state index in [1.54, 1.807) is 24.4 Å². The van der Waals surface area contributed by atoms with Gasteiger partial charge in [-0.15, -0.1) is 0 Å². The Kier molecular flexibility index (Phi) is 5.47. The molecule has 0 aliphatic heterocycles. The van der Waals surface area contributed by atoms with Crippen LogP contribution in [0, 0.1) is 11.7 Å². The van der Waals surface area contributed by atoms with E-state index < -0.39 is 0 Å². The summed E-state index contributed by atoms with van der Waals surface area (Å²) < 4.78 is 12.8. The summed E-state index contributed by atoms with van der Waals surface area (Å²) in [6.07, 6.45) is 2.14. The molecule has 5 heteroatoms. The van der Waals surface area contributed by atoms with Crippen molar-refractivity contribution in [1.29, 1.82) is 0 Å². The lowest BCUT2D eigenvalue weighted by molar-refractivity contribution is -0.116. The van der Waals surface area contributed by atoms with Gasteiger partial charge in [-0.05, 0) is 35.7 Å². The molecule has 0 bridgehead atoms. The molecule has 4 nitrogen and oxygen atoms in total. The van der Waals surface area contributed by atoms with Gasteiger partial charge in [0.1, 0.15) is 11.6 Å². The molecule has 0 fully saturated rings. The van der Waals surface area contributed by atoms with Gasteiger partial charge in [0.05, 0.1) is 11.9 Å². The number of benzene rings is 1. The molecule has 0 aliphatic carbocycles. The average molecular weight is 301 g/mol. The first-order valence-electron chi connectivity index (χ1n) is 7.27. The van der Waals surface area contributed by atoms with E-state index >= 15 is 0 Å². The van der Waals surface area contributed by atoms with Gasteiger partial charge in [-0.3, -0.25) is 4.79 Å². The first-order chi connectivity index (χ1) is 10.5. The number of hydrogen-bond donors (Lipinski definition) is 2. The highest BCUT2D eigenvalue weighted by Crippen LogP contribution is 2.12. The van der Waals surface area contributed by atoms with Crippen LogP contribution in [0.3, 0.4) is 0 Å². The SMILES string of the molecule is CC(C)CC(=O)Nc1ccc(NCc2ccc(F)cc2)cn1. The molecule has 0 saturated carbocycles.